The molecule has 128 valence electrons. The van der Waals surface area contributed by atoms with Crippen LogP contribution in [0.25, 0.3) is 0 Å². The van der Waals surface area contributed by atoms with Gasteiger partial charge in [0.15, 0.2) is 0 Å². The van der Waals surface area contributed by atoms with Gasteiger partial charge in [0.1, 0.15) is 0 Å². The Bertz CT molecular complexity index is 820. The monoisotopic (exact) mass is 412 g/mol. The minimum atomic E-state index is -3.94. The minimum absolute atomic E-state index is 0.00636. The number of anilines is 1. The summed E-state index contributed by atoms with van der Waals surface area (Å²) in [5.41, 5.74) is 1.73. The van der Waals surface area contributed by atoms with Gasteiger partial charge in [-0.2, -0.15) is 0 Å². The predicted octanol–water partition coefficient (Wildman–Crippen LogP) is 2.49. The highest BCUT2D eigenvalue weighted by atomic mass is 79.9. The number of nitrogens with zero attached hydrogens (tertiary/aromatic N) is 1. The van der Waals surface area contributed by atoms with Gasteiger partial charge in [-0.25, -0.2) is 13.2 Å². The van der Waals surface area contributed by atoms with Crippen molar-refractivity contribution in [2.24, 2.45) is 0 Å². The molecule has 0 atom stereocenters. The summed E-state index contributed by atoms with van der Waals surface area (Å²) in [4.78, 5) is 20.3. The van der Waals surface area contributed by atoms with Gasteiger partial charge < -0.3 is 9.74 Å². The second-order valence-electron chi connectivity index (χ2n) is 5.23. The van der Waals surface area contributed by atoms with Crippen LogP contribution >= 0.6 is 15.9 Å². The van der Waals surface area contributed by atoms with Crippen LogP contribution in [0.3, 0.4) is 0 Å². The lowest BCUT2D eigenvalue weighted by atomic mass is 10.1. The van der Waals surface area contributed by atoms with E-state index in [0.29, 0.717) is 4.47 Å². The van der Waals surface area contributed by atoms with Crippen LogP contribution in [-0.4, -0.2) is 28.5 Å². The third kappa shape index (κ3) is 4.80. The molecule has 2 aromatic rings. The van der Waals surface area contributed by atoms with E-state index in [-0.39, 0.29) is 11.3 Å². The standard InChI is InChI=1S/C16H17BrN2O4S/c1-19(2)13-9-7-12(8-10-13)11-16(20)23-18-24(21,22)15-6-4-3-5-14(15)17/h3-10,18H,11H2,1-2H3. The van der Waals surface area contributed by atoms with Crippen molar-refractivity contribution in [2.75, 3.05) is 19.0 Å². The molecule has 0 aromatic heterocycles. The van der Waals surface area contributed by atoms with Gasteiger partial charge in [0.25, 0.3) is 10.0 Å². The van der Waals surface area contributed by atoms with Crippen molar-refractivity contribution in [1.29, 1.82) is 0 Å². The van der Waals surface area contributed by atoms with Crippen LogP contribution in [0.4, 0.5) is 5.69 Å². The molecule has 8 heteroatoms. The topological polar surface area (TPSA) is 75.7 Å². The maximum atomic E-state index is 12.1. The Morgan fingerprint density at radius 1 is 1.12 bits per heavy atom. The normalized spacial score (nSPS) is 11.1. The second kappa shape index (κ2) is 7.78. The third-order valence-electron chi connectivity index (χ3n) is 3.19. The van der Waals surface area contributed by atoms with Crippen molar-refractivity contribution >= 4 is 37.6 Å². The van der Waals surface area contributed by atoms with Crippen molar-refractivity contribution < 1.29 is 18.0 Å². The van der Waals surface area contributed by atoms with E-state index in [1.807, 2.05) is 36.0 Å². The van der Waals surface area contributed by atoms with Crippen LogP contribution in [0, 0.1) is 0 Å². The van der Waals surface area contributed by atoms with E-state index in [1.165, 1.54) is 6.07 Å². The fourth-order valence-electron chi connectivity index (χ4n) is 1.92. The van der Waals surface area contributed by atoms with E-state index in [2.05, 4.69) is 20.8 Å². The average Bonchev–Trinajstić information content (AvgIpc) is 2.54. The molecule has 0 radical (unpaired) electrons. The maximum Gasteiger partial charge on any atom is 0.330 e. The molecule has 24 heavy (non-hydrogen) atoms. The molecule has 0 spiro atoms. The van der Waals surface area contributed by atoms with Crippen molar-refractivity contribution in [3.8, 4) is 0 Å². The van der Waals surface area contributed by atoms with E-state index < -0.39 is 16.0 Å². The fraction of sp³-hybridized carbons (Fsp3) is 0.188. The Labute approximate surface area is 149 Å². The van der Waals surface area contributed by atoms with Gasteiger partial charge in [0.2, 0.25) is 0 Å². The smallest absolute Gasteiger partial charge is 0.330 e. The van der Waals surface area contributed by atoms with Gasteiger partial charge in [0.05, 0.1) is 11.3 Å². The third-order valence-corrected chi connectivity index (χ3v) is 5.38. The first-order chi connectivity index (χ1) is 11.3. The molecule has 2 aromatic carbocycles. The van der Waals surface area contributed by atoms with Gasteiger partial charge >= 0.3 is 5.97 Å². The largest absolute Gasteiger partial charge is 0.378 e. The molecule has 0 aliphatic rings. The first-order valence-corrected chi connectivity index (χ1v) is 9.29. The molecule has 0 aliphatic carbocycles. The molecule has 0 amide bonds. The lowest BCUT2D eigenvalue weighted by Crippen LogP contribution is -2.28. The van der Waals surface area contributed by atoms with Gasteiger partial charge in [-0.05, 0) is 50.6 Å². The fourth-order valence-corrected chi connectivity index (χ4v) is 3.72. The summed E-state index contributed by atoms with van der Waals surface area (Å²) in [7, 11) is -0.110. The van der Waals surface area contributed by atoms with Gasteiger partial charge in [-0.1, -0.05) is 24.3 Å². The summed E-state index contributed by atoms with van der Waals surface area (Å²) < 4.78 is 24.6. The number of halogens is 1. The van der Waals surface area contributed by atoms with Crippen molar-refractivity contribution in [3.63, 3.8) is 0 Å². The summed E-state index contributed by atoms with van der Waals surface area (Å²) >= 11 is 3.15. The Kier molecular flexibility index (Phi) is 5.98. The van der Waals surface area contributed by atoms with E-state index in [1.54, 1.807) is 30.3 Å². The molecule has 0 aliphatic heterocycles. The highest BCUT2D eigenvalue weighted by molar-refractivity contribution is 9.10. The number of carbonyl (C=O) groups is 1. The van der Waals surface area contributed by atoms with Crippen LogP contribution in [-0.2, 0) is 26.1 Å². The Morgan fingerprint density at radius 2 is 1.75 bits per heavy atom. The molecular weight excluding hydrogens is 396 g/mol. The zero-order chi connectivity index (χ0) is 17.7. The van der Waals surface area contributed by atoms with Crippen LogP contribution < -0.4 is 9.79 Å². The first kappa shape index (κ1) is 18.4. The summed E-state index contributed by atoms with van der Waals surface area (Å²) in [6.45, 7) is 0. The number of hydrogen-bond acceptors (Lipinski definition) is 5. The molecular formula is C16H17BrN2O4S. The highest BCUT2D eigenvalue weighted by Crippen LogP contribution is 2.20. The minimum Gasteiger partial charge on any atom is -0.378 e. The molecule has 2 rings (SSSR count). The Morgan fingerprint density at radius 3 is 2.33 bits per heavy atom. The van der Waals surface area contributed by atoms with Gasteiger partial charge in [0, 0.05) is 24.3 Å². The lowest BCUT2D eigenvalue weighted by molar-refractivity contribution is -0.146. The first-order valence-electron chi connectivity index (χ1n) is 7.02. The van der Waals surface area contributed by atoms with E-state index in [4.69, 9.17) is 0 Å². The van der Waals surface area contributed by atoms with Crippen molar-refractivity contribution in [2.45, 2.75) is 11.3 Å². The van der Waals surface area contributed by atoms with Crippen LogP contribution in [0.5, 0.6) is 0 Å². The van der Waals surface area contributed by atoms with E-state index in [0.717, 1.165) is 11.3 Å². The Hall–Kier alpha value is -1.90. The zero-order valence-corrected chi connectivity index (χ0v) is 15.6. The molecule has 0 fully saturated rings. The average molecular weight is 413 g/mol. The number of rotatable bonds is 6. The predicted molar refractivity (Wildman–Crippen MR) is 95.0 cm³/mol. The molecule has 1 N–H and O–H groups in total. The molecule has 0 unspecified atom stereocenters. The van der Waals surface area contributed by atoms with Crippen molar-refractivity contribution in [1.82, 2.24) is 4.89 Å². The molecule has 0 saturated carbocycles. The Balaban J connectivity index is 1.97. The molecule has 0 heterocycles. The second-order valence-corrected chi connectivity index (χ2v) is 7.70. The summed E-state index contributed by atoms with van der Waals surface area (Å²) in [5.74, 6) is -0.691. The number of hydrogen-bond donors (Lipinski definition) is 1. The van der Waals surface area contributed by atoms with Crippen LogP contribution in [0.2, 0.25) is 0 Å². The molecule has 0 bridgehead atoms. The quantitative estimate of drug-likeness (QED) is 0.737. The number of carbonyl (C=O) groups excluding carboxylic acids is 1. The maximum absolute atomic E-state index is 12.1. The number of benzene rings is 2. The number of nitrogens with one attached hydrogen (secondary N) is 1. The SMILES string of the molecule is CN(C)c1ccc(CC(=O)ONS(=O)(=O)c2ccccc2Br)cc1. The van der Waals surface area contributed by atoms with Gasteiger partial charge in [-0.3, -0.25) is 0 Å². The van der Waals surface area contributed by atoms with Gasteiger partial charge in [-0.15, -0.1) is 0 Å². The highest BCUT2D eigenvalue weighted by Gasteiger charge is 2.19. The number of sulfonamides is 1. The van der Waals surface area contributed by atoms with E-state index >= 15 is 0 Å². The van der Waals surface area contributed by atoms with Crippen LogP contribution in [0.15, 0.2) is 57.9 Å². The lowest BCUT2D eigenvalue weighted by Gasteiger charge is -2.12. The summed E-state index contributed by atoms with van der Waals surface area (Å²) in [5, 5.41) is 0. The van der Waals surface area contributed by atoms with E-state index in [9.17, 15) is 13.2 Å². The van der Waals surface area contributed by atoms with Crippen LogP contribution in [0.1, 0.15) is 5.56 Å². The molecule has 0 saturated heterocycles. The van der Waals surface area contributed by atoms with Crippen molar-refractivity contribution in [3.05, 3.63) is 58.6 Å². The zero-order valence-electron chi connectivity index (χ0n) is 13.2. The summed E-state index contributed by atoms with van der Waals surface area (Å²) in [6.07, 6.45) is -0.0355. The summed E-state index contributed by atoms with van der Waals surface area (Å²) in [6, 6.07) is 13.6. The molecule has 6 nitrogen and oxygen atoms in total.